The van der Waals surface area contributed by atoms with Gasteiger partial charge in [-0.15, -0.1) is 0 Å². The van der Waals surface area contributed by atoms with Crippen molar-refractivity contribution in [3.05, 3.63) is 36.4 Å². The molecule has 0 bridgehead atoms. The predicted octanol–water partition coefficient (Wildman–Crippen LogP) is 3.90. The first-order valence-electron chi connectivity index (χ1n) is 7.70. The Labute approximate surface area is 125 Å². The van der Waals surface area contributed by atoms with Crippen LogP contribution in [0.1, 0.15) is 32.6 Å². The van der Waals surface area contributed by atoms with E-state index in [2.05, 4.69) is 22.2 Å². The molecule has 1 saturated carbocycles. The summed E-state index contributed by atoms with van der Waals surface area (Å²) in [5.74, 6) is 2.20. The maximum absolute atomic E-state index is 6.03. The van der Waals surface area contributed by atoms with Crippen LogP contribution in [-0.4, -0.2) is 22.6 Å². The summed E-state index contributed by atoms with van der Waals surface area (Å²) in [6.45, 7) is 2.88. The van der Waals surface area contributed by atoms with E-state index in [1.54, 1.807) is 0 Å². The van der Waals surface area contributed by atoms with E-state index in [1.165, 1.54) is 12.8 Å². The predicted molar refractivity (Wildman–Crippen MR) is 84.5 cm³/mol. The number of hydrogen-bond donors (Lipinski definition) is 1. The number of aromatic nitrogens is 2. The summed E-state index contributed by atoms with van der Waals surface area (Å²) in [6.07, 6.45) is 5.06. The minimum Gasteiger partial charge on any atom is -0.474 e. The largest absolute Gasteiger partial charge is 0.474 e. The number of benzene rings is 1. The molecule has 1 fully saturated rings. The third kappa shape index (κ3) is 3.51. The van der Waals surface area contributed by atoms with Gasteiger partial charge >= 0.3 is 0 Å². The number of hydrogen-bond acceptors (Lipinski definition) is 4. The van der Waals surface area contributed by atoms with Crippen molar-refractivity contribution in [3.8, 4) is 17.3 Å². The molecule has 0 radical (unpaired) electrons. The van der Waals surface area contributed by atoms with Gasteiger partial charge in [0.1, 0.15) is 11.9 Å². The van der Waals surface area contributed by atoms with E-state index in [0.29, 0.717) is 17.8 Å². The van der Waals surface area contributed by atoms with Crippen molar-refractivity contribution in [2.75, 3.05) is 11.9 Å². The molecule has 1 N–H and O–H groups in total. The Balaban J connectivity index is 1.89. The molecule has 21 heavy (non-hydrogen) atoms. The molecule has 0 aliphatic heterocycles. The molecule has 0 atom stereocenters. The highest BCUT2D eigenvalue weighted by Crippen LogP contribution is 2.26. The first-order valence-corrected chi connectivity index (χ1v) is 7.70. The van der Waals surface area contributed by atoms with E-state index >= 15 is 0 Å². The molecule has 1 aliphatic rings. The number of nitrogens with one attached hydrogen (secondary N) is 1. The van der Waals surface area contributed by atoms with Crippen LogP contribution in [0.4, 0.5) is 5.82 Å². The second kappa shape index (κ2) is 6.57. The lowest BCUT2D eigenvalue weighted by Crippen LogP contribution is -2.13. The van der Waals surface area contributed by atoms with Crippen LogP contribution in [0.15, 0.2) is 36.4 Å². The van der Waals surface area contributed by atoms with Crippen molar-refractivity contribution in [1.29, 1.82) is 0 Å². The highest BCUT2D eigenvalue weighted by molar-refractivity contribution is 5.58. The minimum absolute atomic E-state index is 0.304. The second-order valence-corrected chi connectivity index (χ2v) is 5.34. The van der Waals surface area contributed by atoms with Gasteiger partial charge in [-0.1, -0.05) is 30.3 Å². The Hall–Kier alpha value is -2.10. The maximum Gasteiger partial charge on any atom is 0.219 e. The second-order valence-electron chi connectivity index (χ2n) is 5.34. The lowest BCUT2D eigenvalue weighted by Gasteiger charge is -2.14. The van der Waals surface area contributed by atoms with E-state index in [0.717, 1.165) is 30.8 Å². The van der Waals surface area contributed by atoms with Gasteiger partial charge in [-0.2, -0.15) is 4.98 Å². The smallest absolute Gasteiger partial charge is 0.219 e. The lowest BCUT2D eigenvalue weighted by molar-refractivity contribution is 0.201. The molecule has 110 valence electrons. The third-order valence-electron chi connectivity index (χ3n) is 3.68. The monoisotopic (exact) mass is 283 g/mol. The van der Waals surface area contributed by atoms with Crippen molar-refractivity contribution in [2.45, 2.75) is 38.7 Å². The summed E-state index contributed by atoms with van der Waals surface area (Å²) in [5, 5.41) is 3.25. The zero-order valence-corrected chi connectivity index (χ0v) is 12.4. The van der Waals surface area contributed by atoms with Gasteiger partial charge in [-0.3, -0.25) is 0 Å². The summed E-state index contributed by atoms with van der Waals surface area (Å²) in [6, 6.07) is 11.9. The van der Waals surface area contributed by atoms with Gasteiger partial charge in [0.25, 0.3) is 0 Å². The average molecular weight is 283 g/mol. The molecule has 0 spiro atoms. The molecule has 1 aromatic heterocycles. The van der Waals surface area contributed by atoms with Crippen LogP contribution >= 0.6 is 0 Å². The Kier molecular flexibility index (Phi) is 4.34. The van der Waals surface area contributed by atoms with Crippen LogP contribution in [0, 0.1) is 0 Å². The van der Waals surface area contributed by atoms with E-state index in [4.69, 9.17) is 4.74 Å². The average Bonchev–Trinajstić information content (AvgIpc) is 3.01. The van der Waals surface area contributed by atoms with Gasteiger partial charge in [-0.05, 0) is 32.6 Å². The number of ether oxygens (including phenoxy) is 1. The fourth-order valence-corrected chi connectivity index (χ4v) is 2.65. The Morgan fingerprint density at radius 3 is 2.62 bits per heavy atom. The van der Waals surface area contributed by atoms with Crippen LogP contribution in [0.5, 0.6) is 5.88 Å². The van der Waals surface area contributed by atoms with E-state index in [-0.39, 0.29) is 0 Å². The van der Waals surface area contributed by atoms with Crippen LogP contribution in [0.3, 0.4) is 0 Å². The van der Waals surface area contributed by atoms with Gasteiger partial charge in [0.2, 0.25) is 5.88 Å². The molecule has 0 saturated heterocycles. The lowest BCUT2D eigenvalue weighted by atomic mass is 10.2. The molecular weight excluding hydrogens is 262 g/mol. The number of nitrogens with zero attached hydrogens (tertiary/aromatic N) is 2. The van der Waals surface area contributed by atoms with Crippen molar-refractivity contribution in [1.82, 2.24) is 9.97 Å². The molecule has 1 aliphatic carbocycles. The molecule has 0 amide bonds. The standard InChI is InChI=1S/C17H21N3O/c1-2-18-15-12-16(21-14-10-6-7-11-14)20-17(19-15)13-8-4-3-5-9-13/h3-5,8-9,12,14H,2,6-7,10-11H2,1H3,(H,18,19,20). The normalized spacial score (nSPS) is 15.1. The van der Waals surface area contributed by atoms with Crippen molar-refractivity contribution >= 4 is 5.82 Å². The maximum atomic E-state index is 6.03. The van der Waals surface area contributed by atoms with Gasteiger partial charge in [0.15, 0.2) is 5.82 Å². The first kappa shape index (κ1) is 13.9. The molecule has 1 aromatic carbocycles. The fraction of sp³-hybridized carbons (Fsp3) is 0.412. The Morgan fingerprint density at radius 1 is 1.14 bits per heavy atom. The highest BCUT2D eigenvalue weighted by Gasteiger charge is 2.18. The Morgan fingerprint density at radius 2 is 1.90 bits per heavy atom. The quantitative estimate of drug-likeness (QED) is 0.904. The number of anilines is 1. The zero-order valence-electron chi connectivity index (χ0n) is 12.4. The topological polar surface area (TPSA) is 47.0 Å². The summed E-state index contributed by atoms with van der Waals surface area (Å²) >= 11 is 0. The van der Waals surface area contributed by atoms with Gasteiger partial charge in [0.05, 0.1) is 0 Å². The summed E-state index contributed by atoms with van der Waals surface area (Å²) in [4.78, 5) is 9.14. The van der Waals surface area contributed by atoms with Crippen LogP contribution < -0.4 is 10.1 Å². The van der Waals surface area contributed by atoms with Crippen molar-refractivity contribution < 1.29 is 4.74 Å². The SMILES string of the molecule is CCNc1cc(OC2CCCC2)nc(-c2ccccc2)n1. The zero-order chi connectivity index (χ0) is 14.5. The third-order valence-corrected chi connectivity index (χ3v) is 3.68. The van der Waals surface area contributed by atoms with Gasteiger partial charge in [0, 0.05) is 18.2 Å². The van der Waals surface area contributed by atoms with Gasteiger partial charge < -0.3 is 10.1 Å². The fourth-order valence-electron chi connectivity index (χ4n) is 2.65. The van der Waals surface area contributed by atoms with E-state index in [9.17, 15) is 0 Å². The van der Waals surface area contributed by atoms with Gasteiger partial charge in [-0.25, -0.2) is 4.98 Å². The van der Waals surface area contributed by atoms with E-state index < -0.39 is 0 Å². The van der Waals surface area contributed by atoms with Crippen molar-refractivity contribution in [2.24, 2.45) is 0 Å². The summed E-state index contributed by atoms with van der Waals surface area (Å²) < 4.78 is 6.03. The van der Waals surface area contributed by atoms with Crippen LogP contribution in [-0.2, 0) is 0 Å². The molecule has 2 aromatic rings. The highest BCUT2D eigenvalue weighted by atomic mass is 16.5. The number of rotatable bonds is 5. The first-order chi connectivity index (χ1) is 10.3. The Bertz CT molecular complexity index is 580. The molecular formula is C17H21N3O. The van der Waals surface area contributed by atoms with E-state index in [1.807, 2.05) is 36.4 Å². The summed E-state index contributed by atoms with van der Waals surface area (Å²) in [5.41, 5.74) is 1.01. The molecule has 1 heterocycles. The van der Waals surface area contributed by atoms with Crippen LogP contribution in [0.25, 0.3) is 11.4 Å². The van der Waals surface area contributed by atoms with Crippen LogP contribution in [0.2, 0.25) is 0 Å². The minimum atomic E-state index is 0.304. The molecule has 3 rings (SSSR count). The molecule has 0 unspecified atom stereocenters. The molecule has 4 heteroatoms. The van der Waals surface area contributed by atoms with Crippen molar-refractivity contribution in [3.63, 3.8) is 0 Å². The summed E-state index contributed by atoms with van der Waals surface area (Å²) in [7, 11) is 0. The molecule has 4 nitrogen and oxygen atoms in total.